The molecule has 3 unspecified atom stereocenters. The Morgan fingerprint density at radius 3 is 2.35 bits per heavy atom. The van der Waals surface area contributed by atoms with Crippen LogP contribution in [0.2, 0.25) is 0 Å². The molecule has 1 rings (SSSR count). The number of nitrogens with one attached hydrogen (secondary N) is 1. The van der Waals surface area contributed by atoms with Gasteiger partial charge in [0.1, 0.15) is 0 Å². The average molecular weight is 263 g/mol. The summed E-state index contributed by atoms with van der Waals surface area (Å²) in [5, 5.41) is 11.3. The number of carboxylic acids is 1. The largest absolute Gasteiger partial charge is 0.481 e. The summed E-state index contributed by atoms with van der Waals surface area (Å²) in [5.41, 5.74) is 0. The molecule has 1 heterocycles. The van der Waals surface area contributed by atoms with Crippen LogP contribution in [0.3, 0.4) is 0 Å². The molecule has 1 saturated heterocycles. The summed E-state index contributed by atoms with van der Waals surface area (Å²) in [4.78, 5) is 22.4. The number of carboxylic acid groups (broad SMARTS) is 1. The quantitative estimate of drug-likeness (QED) is 0.722. The zero-order valence-electron chi connectivity index (χ0n) is 9.84. The highest BCUT2D eigenvalue weighted by molar-refractivity contribution is 7.91. The summed E-state index contributed by atoms with van der Waals surface area (Å²) < 4.78 is 22.4. The fourth-order valence-corrected chi connectivity index (χ4v) is 3.42. The third kappa shape index (κ3) is 3.69. The molecule has 0 aromatic heterocycles. The molecule has 1 aliphatic heterocycles. The van der Waals surface area contributed by atoms with Crippen LogP contribution in [0.25, 0.3) is 0 Å². The second-order valence-electron chi connectivity index (χ2n) is 4.52. The minimum Gasteiger partial charge on any atom is -0.481 e. The number of rotatable bonds is 4. The Kier molecular flexibility index (Phi) is 4.13. The molecule has 0 radical (unpaired) electrons. The van der Waals surface area contributed by atoms with E-state index in [1.807, 2.05) is 0 Å². The monoisotopic (exact) mass is 263 g/mol. The molecule has 6 nitrogen and oxygen atoms in total. The Balaban J connectivity index is 2.53. The molecule has 0 saturated carbocycles. The molecule has 17 heavy (non-hydrogen) atoms. The lowest BCUT2D eigenvalue weighted by atomic mass is 10.0. The fraction of sp³-hybridized carbons (Fsp3) is 0.800. The summed E-state index contributed by atoms with van der Waals surface area (Å²) in [6.07, 6.45) is 0.322. The molecule has 1 fully saturated rings. The van der Waals surface area contributed by atoms with Crippen LogP contribution >= 0.6 is 0 Å². The van der Waals surface area contributed by atoms with Gasteiger partial charge in [0, 0.05) is 6.04 Å². The smallest absolute Gasteiger partial charge is 0.308 e. The van der Waals surface area contributed by atoms with Crippen LogP contribution in [0.1, 0.15) is 20.3 Å². The Morgan fingerprint density at radius 2 is 1.94 bits per heavy atom. The third-order valence-electron chi connectivity index (χ3n) is 3.11. The predicted molar refractivity (Wildman–Crippen MR) is 61.2 cm³/mol. The zero-order valence-corrected chi connectivity index (χ0v) is 10.7. The average Bonchev–Trinajstić information content (AvgIpc) is 2.57. The number of hydrogen-bond donors (Lipinski definition) is 2. The Morgan fingerprint density at radius 1 is 1.35 bits per heavy atom. The van der Waals surface area contributed by atoms with Gasteiger partial charge in [0.05, 0.1) is 23.3 Å². The lowest BCUT2D eigenvalue weighted by molar-refractivity contribution is -0.142. The van der Waals surface area contributed by atoms with Gasteiger partial charge in [0.25, 0.3) is 0 Å². The van der Waals surface area contributed by atoms with Gasteiger partial charge in [-0.2, -0.15) is 0 Å². The molecule has 0 spiro atoms. The highest BCUT2D eigenvalue weighted by Gasteiger charge is 2.34. The second kappa shape index (κ2) is 5.03. The standard InChI is InChI=1S/C10H17NO5S/c1-6(10(13)14)7(2)11-9(12)8-3-4-17(15,16)5-8/h6-8H,3-5H2,1-2H3,(H,11,12)(H,13,14). The van der Waals surface area contributed by atoms with E-state index in [1.165, 1.54) is 6.92 Å². The van der Waals surface area contributed by atoms with Crippen molar-refractivity contribution >= 4 is 21.7 Å². The van der Waals surface area contributed by atoms with Crippen molar-refractivity contribution in [1.29, 1.82) is 0 Å². The number of carbonyl (C=O) groups is 2. The molecule has 1 aliphatic rings. The molecule has 7 heteroatoms. The normalized spacial score (nSPS) is 26.1. The highest BCUT2D eigenvalue weighted by atomic mass is 32.2. The first kappa shape index (κ1) is 14.0. The molecule has 0 aliphatic carbocycles. The predicted octanol–water partition coefficient (Wildman–Crippen LogP) is -0.353. The summed E-state index contributed by atoms with van der Waals surface area (Å²) in [6.45, 7) is 3.10. The van der Waals surface area contributed by atoms with Gasteiger partial charge in [-0.25, -0.2) is 8.42 Å². The maximum absolute atomic E-state index is 11.7. The lowest BCUT2D eigenvalue weighted by Gasteiger charge is -2.19. The van der Waals surface area contributed by atoms with Crippen LogP contribution in [0.15, 0.2) is 0 Å². The summed E-state index contributed by atoms with van der Waals surface area (Å²) in [7, 11) is -3.09. The van der Waals surface area contributed by atoms with Gasteiger partial charge in [-0.1, -0.05) is 0 Å². The topological polar surface area (TPSA) is 101 Å². The van der Waals surface area contributed by atoms with E-state index < -0.39 is 33.7 Å². The number of hydrogen-bond acceptors (Lipinski definition) is 4. The highest BCUT2D eigenvalue weighted by Crippen LogP contribution is 2.19. The molecule has 0 aromatic rings. The van der Waals surface area contributed by atoms with Crippen molar-refractivity contribution in [2.45, 2.75) is 26.3 Å². The fourth-order valence-electron chi connectivity index (χ4n) is 1.68. The number of sulfone groups is 1. The van der Waals surface area contributed by atoms with Crippen LogP contribution in [0.5, 0.6) is 0 Å². The third-order valence-corrected chi connectivity index (χ3v) is 4.88. The van der Waals surface area contributed by atoms with Crippen LogP contribution < -0.4 is 5.32 Å². The first-order valence-electron chi connectivity index (χ1n) is 5.46. The van der Waals surface area contributed by atoms with E-state index in [1.54, 1.807) is 6.92 Å². The van der Waals surface area contributed by atoms with E-state index in [-0.39, 0.29) is 17.4 Å². The van der Waals surface area contributed by atoms with Crippen molar-refractivity contribution in [3.63, 3.8) is 0 Å². The van der Waals surface area contributed by atoms with E-state index in [4.69, 9.17) is 5.11 Å². The van der Waals surface area contributed by atoms with Crippen molar-refractivity contribution in [2.24, 2.45) is 11.8 Å². The van der Waals surface area contributed by atoms with Gasteiger partial charge >= 0.3 is 5.97 Å². The minimum atomic E-state index is -3.09. The lowest BCUT2D eigenvalue weighted by Crippen LogP contribution is -2.43. The SMILES string of the molecule is CC(NC(=O)C1CCS(=O)(=O)C1)C(C)C(=O)O. The van der Waals surface area contributed by atoms with Gasteiger partial charge in [0.15, 0.2) is 9.84 Å². The Labute approximate surface area is 100 Å². The molecule has 98 valence electrons. The molecule has 1 amide bonds. The van der Waals surface area contributed by atoms with Gasteiger partial charge < -0.3 is 10.4 Å². The zero-order chi connectivity index (χ0) is 13.2. The van der Waals surface area contributed by atoms with Gasteiger partial charge in [-0.3, -0.25) is 9.59 Å². The summed E-state index contributed by atoms with van der Waals surface area (Å²) in [6, 6.07) is -0.511. The number of aliphatic carboxylic acids is 1. The van der Waals surface area contributed by atoms with Crippen molar-refractivity contribution in [1.82, 2.24) is 5.32 Å². The van der Waals surface area contributed by atoms with Crippen molar-refractivity contribution < 1.29 is 23.1 Å². The maximum Gasteiger partial charge on any atom is 0.308 e. The molecular weight excluding hydrogens is 246 g/mol. The van der Waals surface area contributed by atoms with E-state index in [0.717, 1.165) is 0 Å². The number of carbonyl (C=O) groups excluding carboxylic acids is 1. The van der Waals surface area contributed by atoms with Gasteiger partial charge in [-0.05, 0) is 20.3 Å². The second-order valence-corrected chi connectivity index (χ2v) is 6.75. The Bertz CT molecular complexity index is 416. The van der Waals surface area contributed by atoms with E-state index >= 15 is 0 Å². The van der Waals surface area contributed by atoms with E-state index in [9.17, 15) is 18.0 Å². The molecule has 2 N–H and O–H groups in total. The maximum atomic E-state index is 11.7. The van der Waals surface area contributed by atoms with Crippen molar-refractivity contribution in [2.75, 3.05) is 11.5 Å². The summed E-state index contributed by atoms with van der Waals surface area (Å²) in [5.74, 6) is -2.69. The van der Waals surface area contributed by atoms with Crippen molar-refractivity contribution in [3.8, 4) is 0 Å². The van der Waals surface area contributed by atoms with Crippen LogP contribution in [-0.4, -0.2) is 42.9 Å². The van der Waals surface area contributed by atoms with E-state index in [2.05, 4.69) is 5.32 Å². The molecule has 0 bridgehead atoms. The molecule has 0 aromatic carbocycles. The minimum absolute atomic E-state index is 0.0357. The number of amides is 1. The van der Waals surface area contributed by atoms with Gasteiger partial charge in [0.2, 0.25) is 5.91 Å². The first-order valence-corrected chi connectivity index (χ1v) is 7.28. The molecule has 3 atom stereocenters. The molecular formula is C10H17NO5S. The van der Waals surface area contributed by atoms with Crippen LogP contribution in [-0.2, 0) is 19.4 Å². The van der Waals surface area contributed by atoms with Crippen LogP contribution in [0, 0.1) is 11.8 Å². The summed E-state index contributed by atoms with van der Waals surface area (Å²) >= 11 is 0. The first-order chi connectivity index (χ1) is 7.73. The van der Waals surface area contributed by atoms with Crippen molar-refractivity contribution in [3.05, 3.63) is 0 Å². The Hall–Kier alpha value is -1.11. The van der Waals surface area contributed by atoms with Gasteiger partial charge in [-0.15, -0.1) is 0 Å². The van der Waals surface area contributed by atoms with E-state index in [0.29, 0.717) is 6.42 Å². The van der Waals surface area contributed by atoms with Crippen LogP contribution in [0.4, 0.5) is 0 Å².